The minimum atomic E-state index is -0.915. The molecule has 4 aliphatic rings. The van der Waals surface area contributed by atoms with Crippen LogP contribution in [0.25, 0.3) is 0 Å². The van der Waals surface area contributed by atoms with Gasteiger partial charge in [0.2, 0.25) is 0 Å². The molecule has 2 aromatic carbocycles. The van der Waals surface area contributed by atoms with Crippen molar-refractivity contribution < 1.29 is 20.8 Å². The molecule has 4 aliphatic carbocycles. The van der Waals surface area contributed by atoms with E-state index in [2.05, 4.69) is 110 Å². The van der Waals surface area contributed by atoms with Crippen LogP contribution in [0.1, 0.15) is 141 Å². The molecule has 0 spiro atoms. The Morgan fingerprint density at radius 2 is 0.894 bits per heavy atom. The molecule has 2 aromatic rings. The molecular weight excluding hydrogens is 707 g/mol. The van der Waals surface area contributed by atoms with Crippen LogP contribution in [0.5, 0.6) is 0 Å². The molecule has 10 unspecified atom stereocenters. The van der Waals surface area contributed by atoms with Gasteiger partial charge in [0, 0.05) is 8.80 Å². The summed E-state index contributed by atoms with van der Waals surface area (Å²) in [5.41, 5.74) is 8.88. The maximum atomic E-state index is 4.93. The fraction of sp³-hybridized carbons (Fsp3) is 0.674. The van der Waals surface area contributed by atoms with Crippen LogP contribution in [-0.4, -0.2) is 8.80 Å². The molecule has 0 aliphatic heterocycles. The van der Waals surface area contributed by atoms with Crippen molar-refractivity contribution in [2.45, 2.75) is 147 Å². The Morgan fingerprint density at radius 1 is 0.574 bits per heavy atom. The van der Waals surface area contributed by atoms with E-state index in [0.29, 0.717) is 0 Å². The van der Waals surface area contributed by atoms with Crippen molar-refractivity contribution in [3.05, 3.63) is 85.6 Å². The van der Waals surface area contributed by atoms with Gasteiger partial charge in [0.25, 0.3) is 0 Å². The summed E-state index contributed by atoms with van der Waals surface area (Å²) in [6.07, 6.45) is 11.8. The number of halogens is 2. The van der Waals surface area contributed by atoms with Crippen molar-refractivity contribution in [1.82, 2.24) is 0 Å². The van der Waals surface area contributed by atoms with Crippen molar-refractivity contribution >= 4 is 25.8 Å². The summed E-state index contributed by atoms with van der Waals surface area (Å²) in [5.74, 6) is 7.34. The van der Waals surface area contributed by atoms with Gasteiger partial charge in [-0.15, -0.1) is 0 Å². The Balaban J connectivity index is 0.00000116. The summed E-state index contributed by atoms with van der Waals surface area (Å²) in [6, 6.07) is 19.9. The first-order valence-electron chi connectivity index (χ1n) is 18.4. The predicted octanol–water partition coefficient (Wildman–Crippen LogP) is 13.9. The van der Waals surface area contributed by atoms with Crippen molar-refractivity contribution in [3.8, 4) is 0 Å². The standard InChI is InChI=1S/C41H62Si.2CH3.2ClH.Zr/c1-26-24-36-32(28-16-20-30(21-17-28)40(3,4)5)12-10-14-34(36)38(26)42(9)39-27(2)25-37-33(13-11-15-35(37)39)29-18-22-31(23-19-29)41(6,7)8;;;;;/h16-23,26-27,32-39,42H,10-15,24-25H2,1-9H3;2*1H3;2*1H;/q;2*-1;;;+4/p-2. The Morgan fingerprint density at radius 3 is 1.19 bits per heavy atom. The van der Waals surface area contributed by atoms with E-state index in [1.54, 1.807) is 11.1 Å². The second kappa shape index (κ2) is 17.1. The van der Waals surface area contributed by atoms with Crippen LogP contribution in [0.4, 0.5) is 0 Å². The monoisotopic (exact) mass is 772 g/mol. The van der Waals surface area contributed by atoms with Gasteiger partial charge in [0.1, 0.15) is 0 Å². The second-order valence-corrected chi connectivity index (χ2v) is 25.0. The third-order valence-corrected chi connectivity index (χ3v) is 18.2. The molecule has 0 heterocycles. The maximum absolute atomic E-state index is 4.93. The molecule has 0 nitrogen and oxygen atoms in total. The van der Waals surface area contributed by atoms with Crippen LogP contribution >= 0.6 is 17.0 Å². The predicted molar refractivity (Wildman–Crippen MR) is 210 cm³/mol. The zero-order valence-corrected chi connectivity index (χ0v) is 37.0. The third-order valence-electron chi connectivity index (χ3n) is 13.5. The molecule has 0 bridgehead atoms. The van der Waals surface area contributed by atoms with Crippen LogP contribution in [0.2, 0.25) is 17.6 Å². The molecule has 47 heavy (non-hydrogen) atoms. The van der Waals surface area contributed by atoms with Crippen molar-refractivity contribution in [2.24, 2.45) is 35.5 Å². The molecule has 0 saturated heterocycles. The fourth-order valence-corrected chi connectivity index (χ4v) is 17.0. The molecule has 4 heteroatoms. The zero-order chi connectivity index (χ0) is 32.7. The van der Waals surface area contributed by atoms with Gasteiger partial charge < -0.3 is 14.9 Å². The van der Waals surface area contributed by atoms with Gasteiger partial charge in [0.15, 0.2) is 0 Å². The van der Waals surface area contributed by atoms with Gasteiger partial charge in [0.05, 0.1) is 0 Å². The SMILES string of the molecule is CC1CC2C(c3ccc(C(C)(C)C)cc3)CCCC2C1[SiH](C)C1C(C)CC2C(c3ccc(C(C)(C)C)cc3)CCCC21.[CH3-].[CH3-].[Cl][Zr+2][Cl]. The molecular formula is C43H68Cl2SiZr. The first-order valence-corrected chi connectivity index (χ1v) is 27.2. The van der Waals surface area contributed by atoms with Gasteiger partial charge in [-0.25, -0.2) is 0 Å². The van der Waals surface area contributed by atoms with E-state index in [4.69, 9.17) is 17.0 Å². The average molecular weight is 775 g/mol. The van der Waals surface area contributed by atoms with Crippen LogP contribution < -0.4 is 0 Å². The molecule has 0 radical (unpaired) electrons. The molecule has 10 atom stereocenters. The Kier molecular flexibility index (Phi) is 15.1. The first-order chi connectivity index (χ1) is 21.3. The number of benzene rings is 2. The number of hydrogen-bond donors (Lipinski definition) is 0. The van der Waals surface area contributed by atoms with Gasteiger partial charge in [-0.05, 0) is 117 Å². The Hall–Kier alpha value is 0.120. The van der Waals surface area contributed by atoms with Crippen molar-refractivity contribution in [3.63, 3.8) is 0 Å². The van der Waals surface area contributed by atoms with Crippen LogP contribution in [0.15, 0.2) is 48.5 Å². The summed E-state index contributed by atoms with van der Waals surface area (Å²) < 4.78 is 0. The first kappa shape index (κ1) is 41.5. The third kappa shape index (κ3) is 8.96. The minimum absolute atomic E-state index is 0. The summed E-state index contributed by atoms with van der Waals surface area (Å²) in [6.45, 7) is 22.3. The van der Waals surface area contributed by atoms with E-state index >= 15 is 0 Å². The van der Waals surface area contributed by atoms with Crippen molar-refractivity contribution in [2.75, 3.05) is 0 Å². The molecule has 262 valence electrons. The Bertz CT molecular complexity index is 1130. The summed E-state index contributed by atoms with van der Waals surface area (Å²) in [4.78, 5) is 0. The van der Waals surface area contributed by atoms with Crippen LogP contribution in [0.3, 0.4) is 0 Å². The van der Waals surface area contributed by atoms with Gasteiger partial charge in [-0.2, -0.15) is 0 Å². The van der Waals surface area contributed by atoms with E-state index < -0.39 is 29.6 Å². The molecule has 0 amide bonds. The van der Waals surface area contributed by atoms with E-state index in [-0.39, 0.29) is 25.7 Å². The van der Waals surface area contributed by atoms with Crippen molar-refractivity contribution in [1.29, 1.82) is 0 Å². The van der Waals surface area contributed by atoms with Gasteiger partial charge in [-0.1, -0.05) is 136 Å². The normalized spacial score (nSPS) is 33.9. The molecule has 0 aromatic heterocycles. The molecule has 4 fully saturated rings. The fourth-order valence-electron chi connectivity index (χ4n) is 11.6. The van der Waals surface area contributed by atoms with E-state index in [1.807, 2.05) is 0 Å². The van der Waals surface area contributed by atoms with Crippen LogP contribution in [0, 0.1) is 50.4 Å². The summed E-state index contributed by atoms with van der Waals surface area (Å²) in [7, 11) is 8.95. The summed E-state index contributed by atoms with van der Waals surface area (Å²) in [5, 5.41) is 0. The average Bonchev–Trinajstić information content (AvgIpc) is 3.51. The van der Waals surface area contributed by atoms with E-state index in [0.717, 1.165) is 58.4 Å². The second-order valence-electron chi connectivity index (χ2n) is 18.0. The molecule has 0 N–H and O–H groups in total. The molecule has 4 saturated carbocycles. The number of fused-ring (bicyclic) bond motifs is 2. The topological polar surface area (TPSA) is 0 Å². The molecule has 6 rings (SSSR count). The Labute approximate surface area is 312 Å². The van der Waals surface area contributed by atoms with Gasteiger partial charge in [-0.3, -0.25) is 0 Å². The number of rotatable bonds is 4. The van der Waals surface area contributed by atoms with E-state index in [1.165, 1.54) is 62.5 Å². The number of hydrogen-bond acceptors (Lipinski definition) is 0. The zero-order valence-electron chi connectivity index (χ0n) is 31.9. The van der Waals surface area contributed by atoms with Crippen LogP contribution in [-0.2, 0) is 31.7 Å². The van der Waals surface area contributed by atoms with E-state index in [9.17, 15) is 0 Å². The summed E-state index contributed by atoms with van der Waals surface area (Å²) >= 11 is -0.826. The quantitative estimate of drug-likeness (QED) is 0.214. The van der Waals surface area contributed by atoms with Gasteiger partial charge >= 0.3 is 37.9 Å².